The number of benzene rings is 1. The molecule has 0 saturated heterocycles. The number of thioether (sulfide) groups is 1. The molecular formula is C16H16ClN5O3S. The van der Waals surface area contributed by atoms with Crippen LogP contribution in [0.1, 0.15) is 5.56 Å². The van der Waals surface area contributed by atoms with Gasteiger partial charge in [0.2, 0.25) is 11.9 Å². The molecule has 0 fully saturated rings. The van der Waals surface area contributed by atoms with E-state index in [9.17, 15) is 9.90 Å². The van der Waals surface area contributed by atoms with E-state index >= 15 is 0 Å². The molecule has 2 heterocycles. The fourth-order valence-corrected chi connectivity index (χ4v) is 3.77. The average molecular weight is 394 g/mol. The number of primary amides is 1. The number of fused-ring (bicyclic) bond motifs is 1. The number of phenolic OH excluding ortho intramolecular Hbond substituents is 1. The Morgan fingerprint density at radius 3 is 2.77 bits per heavy atom. The Labute approximate surface area is 158 Å². The monoisotopic (exact) mass is 393 g/mol. The summed E-state index contributed by atoms with van der Waals surface area (Å²) in [6.45, 7) is 0.140. The van der Waals surface area contributed by atoms with Gasteiger partial charge in [0, 0.05) is 22.8 Å². The van der Waals surface area contributed by atoms with Gasteiger partial charge in [-0.05, 0) is 24.3 Å². The zero-order chi connectivity index (χ0) is 18.8. The molecule has 10 heteroatoms. The maximum absolute atomic E-state index is 11.6. The smallest absolute Gasteiger partial charge is 0.234 e. The van der Waals surface area contributed by atoms with Crippen molar-refractivity contribution in [3.05, 3.63) is 34.9 Å². The second-order valence-electron chi connectivity index (χ2n) is 5.49. The van der Waals surface area contributed by atoms with Crippen LogP contribution in [-0.2, 0) is 4.79 Å². The van der Waals surface area contributed by atoms with Gasteiger partial charge in [0.1, 0.15) is 16.0 Å². The van der Waals surface area contributed by atoms with Gasteiger partial charge in [-0.2, -0.15) is 0 Å². The highest BCUT2D eigenvalue weighted by Crippen LogP contribution is 2.41. The van der Waals surface area contributed by atoms with Crippen molar-refractivity contribution in [3.63, 3.8) is 0 Å². The Kier molecular flexibility index (Phi) is 5.21. The molecule has 1 aliphatic heterocycles. The molecule has 1 aromatic heterocycles. The van der Waals surface area contributed by atoms with Crippen LogP contribution in [0, 0.1) is 0 Å². The minimum Gasteiger partial charge on any atom is -0.508 e. The molecule has 1 unspecified atom stereocenters. The number of hydrogen-bond donors (Lipinski definition) is 5. The van der Waals surface area contributed by atoms with Crippen LogP contribution in [-0.4, -0.2) is 44.5 Å². The SMILES string of the molecule is NC(=O)C1C=C(N)c2c(nc(NCCO)nc2-c2cc(O)cc(Cl)c2)S1. The number of aliphatic hydroxyl groups excluding tert-OH is 1. The normalized spacial score (nSPS) is 15.9. The fraction of sp³-hybridized carbons (Fsp3) is 0.188. The predicted octanol–water partition coefficient (Wildman–Crippen LogP) is 1.17. The van der Waals surface area contributed by atoms with Crippen molar-refractivity contribution < 1.29 is 15.0 Å². The molecule has 0 saturated carbocycles. The molecule has 136 valence electrons. The van der Waals surface area contributed by atoms with E-state index in [0.717, 1.165) is 11.8 Å². The highest BCUT2D eigenvalue weighted by molar-refractivity contribution is 8.00. The molecule has 0 spiro atoms. The van der Waals surface area contributed by atoms with Crippen molar-refractivity contribution in [3.8, 4) is 17.0 Å². The minimum absolute atomic E-state index is 0.0224. The summed E-state index contributed by atoms with van der Waals surface area (Å²) >= 11 is 7.20. The zero-order valence-electron chi connectivity index (χ0n) is 13.4. The van der Waals surface area contributed by atoms with E-state index in [4.69, 9.17) is 28.2 Å². The number of rotatable bonds is 5. The molecule has 0 aliphatic carbocycles. The van der Waals surface area contributed by atoms with Gasteiger partial charge in [-0.15, -0.1) is 0 Å². The number of anilines is 1. The molecule has 1 amide bonds. The number of carbonyl (C=O) groups excluding carboxylic acids is 1. The summed E-state index contributed by atoms with van der Waals surface area (Å²) < 4.78 is 0. The van der Waals surface area contributed by atoms with E-state index in [1.54, 1.807) is 12.1 Å². The molecule has 3 rings (SSSR count). The summed E-state index contributed by atoms with van der Waals surface area (Å²) in [4.78, 5) is 20.4. The number of nitrogens with zero attached hydrogens (tertiary/aromatic N) is 2. The number of aromatic hydroxyl groups is 1. The van der Waals surface area contributed by atoms with E-state index in [1.807, 2.05) is 0 Å². The maximum Gasteiger partial charge on any atom is 0.234 e. The highest BCUT2D eigenvalue weighted by Gasteiger charge is 2.28. The van der Waals surface area contributed by atoms with E-state index < -0.39 is 11.2 Å². The van der Waals surface area contributed by atoms with Crippen molar-refractivity contribution in [2.75, 3.05) is 18.5 Å². The Hall–Kier alpha value is -2.49. The summed E-state index contributed by atoms with van der Waals surface area (Å²) in [7, 11) is 0. The number of aromatic nitrogens is 2. The first kappa shape index (κ1) is 18.3. The van der Waals surface area contributed by atoms with Crippen LogP contribution < -0.4 is 16.8 Å². The van der Waals surface area contributed by atoms with Gasteiger partial charge in [0.05, 0.1) is 17.9 Å². The van der Waals surface area contributed by atoms with Gasteiger partial charge in [0.15, 0.2) is 0 Å². The van der Waals surface area contributed by atoms with E-state index in [1.165, 1.54) is 12.1 Å². The molecule has 1 aliphatic rings. The number of phenols is 1. The Bertz CT molecular complexity index is 885. The zero-order valence-corrected chi connectivity index (χ0v) is 15.0. The van der Waals surface area contributed by atoms with Gasteiger partial charge >= 0.3 is 0 Å². The Morgan fingerprint density at radius 1 is 1.35 bits per heavy atom. The second kappa shape index (κ2) is 7.40. The van der Waals surface area contributed by atoms with E-state index in [2.05, 4.69) is 15.3 Å². The lowest BCUT2D eigenvalue weighted by Crippen LogP contribution is -2.27. The second-order valence-corrected chi connectivity index (χ2v) is 7.05. The third-order valence-electron chi connectivity index (χ3n) is 3.57. The molecule has 1 aromatic carbocycles. The van der Waals surface area contributed by atoms with Gasteiger partial charge in [-0.1, -0.05) is 23.4 Å². The summed E-state index contributed by atoms with van der Waals surface area (Å²) in [5.41, 5.74) is 13.4. The quantitative estimate of drug-likeness (QED) is 0.475. The summed E-state index contributed by atoms with van der Waals surface area (Å²) in [5.74, 6) is -0.308. The predicted molar refractivity (Wildman–Crippen MR) is 101 cm³/mol. The lowest BCUT2D eigenvalue weighted by atomic mass is 10.0. The first-order chi connectivity index (χ1) is 12.4. The van der Waals surface area contributed by atoms with Crippen molar-refractivity contribution >= 4 is 40.9 Å². The molecule has 0 radical (unpaired) electrons. The number of halogens is 1. The van der Waals surface area contributed by atoms with Gasteiger partial charge in [-0.3, -0.25) is 4.79 Å². The third-order valence-corrected chi connectivity index (χ3v) is 4.92. The lowest BCUT2D eigenvalue weighted by molar-refractivity contribution is -0.116. The first-order valence-corrected chi connectivity index (χ1v) is 8.85. The molecular weight excluding hydrogens is 378 g/mol. The molecule has 0 bridgehead atoms. The Balaban J connectivity index is 2.20. The maximum atomic E-state index is 11.6. The van der Waals surface area contributed by atoms with Crippen molar-refractivity contribution in [1.82, 2.24) is 9.97 Å². The summed E-state index contributed by atoms with van der Waals surface area (Å²) in [6.07, 6.45) is 1.55. The van der Waals surface area contributed by atoms with Gasteiger partial charge < -0.3 is 27.0 Å². The highest BCUT2D eigenvalue weighted by atomic mass is 35.5. The number of aliphatic hydroxyl groups is 1. The average Bonchev–Trinajstić information content (AvgIpc) is 2.58. The molecule has 8 nitrogen and oxygen atoms in total. The van der Waals surface area contributed by atoms with E-state index in [0.29, 0.717) is 32.6 Å². The topological polar surface area (TPSA) is 147 Å². The van der Waals surface area contributed by atoms with E-state index in [-0.39, 0.29) is 24.8 Å². The molecule has 2 aromatic rings. The standard InChI is InChI=1S/C16H16ClN5O3S/c17-8-3-7(4-9(24)5-8)13-12-10(18)6-11(14(19)25)26-15(12)22-16(21-13)20-1-2-23/h3-6,11,23-24H,1-2,18H2,(H2,19,25)(H,20,21,22). The van der Waals surface area contributed by atoms with Crippen LogP contribution in [0.3, 0.4) is 0 Å². The van der Waals surface area contributed by atoms with Crippen LogP contribution >= 0.6 is 23.4 Å². The summed E-state index contributed by atoms with van der Waals surface area (Å²) in [5, 5.41) is 21.9. The van der Waals surface area contributed by atoms with Crippen molar-refractivity contribution in [2.45, 2.75) is 10.3 Å². The Morgan fingerprint density at radius 2 is 2.12 bits per heavy atom. The van der Waals surface area contributed by atoms with Crippen LogP contribution in [0.2, 0.25) is 5.02 Å². The number of hydrogen-bond acceptors (Lipinski definition) is 8. The lowest BCUT2D eigenvalue weighted by Gasteiger charge is -2.22. The van der Waals surface area contributed by atoms with Crippen LogP contribution in [0.15, 0.2) is 29.3 Å². The molecule has 26 heavy (non-hydrogen) atoms. The van der Waals surface area contributed by atoms with Crippen LogP contribution in [0.5, 0.6) is 5.75 Å². The first-order valence-electron chi connectivity index (χ1n) is 7.59. The van der Waals surface area contributed by atoms with Crippen LogP contribution in [0.4, 0.5) is 5.95 Å². The van der Waals surface area contributed by atoms with Crippen molar-refractivity contribution in [2.24, 2.45) is 11.5 Å². The van der Waals surface area contributed by atoms with Gasteiger partial charge in [0.25, 0.3) is 0 Å². The summed E-state index contributed by atoms with van der Waals surface area (Å²) in [6, 6.07) is 4.54. The number of carbonyl (C=O) groups is 1. The molecule has 7 N–H and O–H groups in total. The minimum atomic E-state index is -0.649. The van der Waals surface area contributed by atoms with Crippen molar-refractivity contribution in [1.29, 1.82) is 0 Å². The number of nitrogens with two attached hydrogens (primary N) is 2. The largest absolute Gasteiger partial charge is 0.508 e. The van der Waals surface area contributed by atoms with Gasteiger partial charge in [-0.25, -0.2) is 9.97 Å². The number of nitrogens with one attached hydrogen (secondary N) is 1. The fourth-order valence-electron chi connectivity index (χ4n) is 2.49. The third kappa shape index (κ3) is 3.69. The number of amides is 1. The molecule has 1 atom stereocenters. The van der Waals surface area contributed by atoms with Crippen LogP contribution in [0.25, 0.3) is 17.0 Å².